The van der Waals surface area contributed by atoms with Crippen LogP contribution in [0, 0.1) is 12.8 Å². The zero-order valence-corrected chi connectivity index (χ0v) is 16.8. The second kappa shape index (κ2) is 7.17. The molecule has 154 valence electrons. The van der Waals surface area contributed by atoms with Gasteiger partial charge in [0, 0.05) is 32.0 Å². The van der Waals surface area contributed by atoms with Crippen LogP contribution in [0.4, 0.5) is 8.78 Å². The maximum absolute atomic E-state index is 14.6. The number of nitrogens with zero attached hydrogens (tertiary/aromatic N) is 2. The van der Waals surface area contributed by atoms with Gasteiger partial charge in [-0.3, -0.25) is 4.79 Å². The van der Waals surface area contributed by atoms with Crippen LogP contribution in [-0.4, -0.2) is 53.8 Å². The lowest BCUT2D eigenvalue weighted by atomic mass is 9.88. The van der Waals surface area contributed by atoms with Crippen molar-refractivity contribution in [2.45, 2.75) is 32.5 Å². The Bertz CT molecular complexity index is 1040. The third kappa shape index (κ3) is 3.36. The fourth-order valence-corrected chi connectivity index (χ4v) is 3.78. The van der Waals surface area contributed by atoms with Crippen LogP contribution in [0.1, 0.15) is 29.5 Å². The minimum atomic E-state index is -1.44. The molecule has 1 aliphatic carbocycles. The van der Waals surface area contributed by atoms with Crippen molar-refractivity contribution in [2.24, 2.45) is 5.92 Å². The second-order valence-corrected chi connectivity index (χ2v) is 7.66. The van der Waals surface area contributed by atoms with Crippen LogP contribution in [0.5, 0.6) is 5.75 Å². The third-order valence-corrected chi connectivity index (χ3v) is 5.27. The van der Waals surface area contributed by atoms with Crippen LogP contribution in [0.15, 0.2) is 35.4 Å². The molecule has 29 heavy (non-hydrogen) atoms. The molecule has 6 nitrogen and oxygen atoms in total. The van der Waals surface area contributed by atoms with E-state index in [1.807, 2.05) is 0 Å². The summed E-state index contributed by atoms with van der Waals surface area (Å²) in [6.07, 6.45) is -0.723. The second-order valence-electron chi connectivity index (χ2n) is 7.66. The molecule has 2 heterocycles. The number of allylic oxidation sites excluding steroid dienone is 2. The first kappa shape index (κ1) is 19.4. The van der Waals surface area contributed by atoms with Crippen LogP contribution in [-0.2, 0) is 4.74 Å². The monoisotopic (exact) mass is 403 g/mol. The van der Waals surface area contributed by atoms with Crippen LogP contribution in [0.3, 0.4) is 0 Å². The number of amides is 1. The molecule has 2 unspecified atom stereocenters. The maximum Gasteiger partial charge on any atom is 0.253 e. The standard InChI is InChI=1S/C21H23F2N3O3/c1-10-13(22)9-14(23)18-16(5-6-28-20(10)18)29-17-8-12(21(27)26(3)4)7-15-19(17)25-11(2)24-15/h7-10,13,16H,5-6H2,1-4H3,(H,24,25)/t10?,13?,16-/m0/s1. The summed E-state index contributed by atoms with van der Waals surface area (Å²) in [7, 11) is 3.33. The summed E-state index contributed by atoms with van der Waals surface area (Å²) in [5.74, 6) is -0.0878. The van der Waals surface area contributed by atoms with Crippen molar-refractivity contribution in [1.82, 2.24) is 14.9 Å². The SMILES string of the molecule is Cc1nc2c(O[C@H]3CCOC4=C3C(F)=CC(F)C4C)cc(C(=O)N(C)C)cc2[nH]1. The summed E-state index contributed by atoms with van der Waals surface area (Å²) in [6, 6.07) is 3.34. The molecule has 1 amide bonds. The molecule has 8 heteroatoms. The van der Waals surface area contributed by atoms with Gasteiger partial charge in [0.2, 0.25) is 0 Å². The first-order valence-corrected chi connectivity index (χ1v) is 9.53. The predicted molar refractivity (Wildman–Crippen MR) is 104 cm³/mol. The van der Waals surface area contributed by atoms with E-state index in [2.05, 4.69) is 9.97 Å². The zero-order chi connectivity index (χ0) is 20.9. The average molecular weight is 403 g/mol. The van der Waals surface area contributed by atoms with E-state index in [4.69, 9.17) is 9.47 Å². The van der Waals surface area contributed by atoms with E-state index < -0.39 is 24.0 Å². The molecule has 2 aromatic rings. The predicted octanol–water partition coefficient (Wildman–Crippen LogP) is 3.84. The average Bonchev–Trinajstić information content (AvgIpc) is 3.05. The molecule has 1 aromatic carbocycles. The molecule has 0 saturated carbocycles. The van der Waals surface area contributed by atoms with Gasteiger partial charge < -0.3 is 19.4 Å². The number of nitrogens with one attached hydrogen (secondary N) is 1. The van der Waals surface area contributed by atoms with Crippen LogP contribution in [0.2, 0.25) is 0 Å². The van der Waals surface area contributed by atoms with Crippen molar-refractivity contribution in [3.8, 4) is 5.75 Å². The van der Waals surface area contributed by atoms with Gasteiger partial charge in [0.15, 0.2) is 0 Å². The minimum absolute atomic E-state index is 0.187. The number of ether oxygens (including phenoxy) is 2. The molecule has 4 rings (SSSR count). The van der Waals surface area contributed by atoms with E-state index in [0.717, 1.165) is 6.08 Å². The molecule has 0 fully saturated rings. The van der Waals surface area contributed by atoms with E-state index in [1.54, 1.807) is 40.1 Å². The highest BCUT2D eigenvalue weighted by molar-refractivity contribution is 5.99. The van der Waals surface area contributed by atoms with Gasteiger partial charge in [0.05, 0.1) is 17.7 Å². The molecule has 3 atom stereocenters. The normalized spacial score (nSPS) is 24.1. The quantitative estimate of drug-likeness (QED) is 0.846. The lowest BCUT2D eigenvalue weighted by Crippen LogP contribution is -2.34. The Kier molecular flexibility index (Phi) is 4.80. The van der Waals surface area contributed by atoms with Crippen LogP contribution < -0.4 is 4.74 Å². The molecule has 1 N–H and O–H groups in total. The Hall–Kier alpha value is -2.90. The Labute approximate surface area is 167 Å². The van der Waals surface area contributed by atoms with E-state index >= 15 is 0 Å². The Morgan fingerprint density at radius 1 is 1.38 bits per heavy atom. The first-order valence-electron chi connectivity index (χ1n) is 9.53. The van der Waals surface area contributed by atoms with Crippen molar-refractivity contribution >= 4 is 16.9 Å². The first-order chi connectivity index (χ1) is 13.8. The van der Waals surface area contributed by atoms with Crippen molar-refractivity contribution < 1.29 is 23.0 Å². The van der Waals surface area contributed by atoms with E-state index in [1.165, 1.54) is 4.90 Å². The van der Waals surface area contributed by atoms with Gasteiger partial charge in [-0.25, -0.2) is 13.8 Å². The summed E-state index contributed by atoms with van der Waals surface area (Å²) in [6.45, 7) is 3.77. The number of halogens is 2. The molecule has 0 bridgehead atoms. The van der Waals surface area contributed by atoms with Gasteiger partial charge in [-0.1, -0.05) is 6.92 Å². The lowest BCUT2D eigenvalue weighted by Gasteiger charge is -2.34. The maximum atomic E-state index is 14.6. The highest BCUT2D eigenvalue weighted by atomic mass is 19.1. The molecular formula is C21H23F2N3O3. The summed E-state index contributed by atoms with van der Waals surface area (Å²) >= 11 is 0. The number of alkyl halides is 1. The Morgan fingerprint density at radius 3 is 2.86 bits per heavy atom. The number of hydrogen-bond donors (Lipinski definition) is 1. The molecule has 0 spiro atoms. The molecule has 0 saturated heterocycles. The Balaban J connectivity index is 1.77. The van der Waals surface area contributed by atoms with Crippen molar-refractivity contribution in [3.05, 3.63) is 46.8 Å². The van der Waals surface area contributed by atoms with Crippen LogP contribution >= 0.6 is 0 Å². The van der Waals surface area contributed by atoms with Gasteiger partial charge in [0.1, 0.15) is 41.0 Å². The highest BCUT2D eigenvalue weighted by Gasteiger charge is 2.38. The fourth-order valence-electron chi connectivity index (χ4n) is 3.78. The molecule has 1 aliphatic heterocycles. The number of aromatic nitrogens is 2. The lowest BCUT2D eigenvalue weighted by molar-refractivity contribution is 0.0799. The molecule has 0 radical (unpaired) electrons. The summed E-state index contributed by atoms with van der Waals surface area (Å²) < 4.78 is 40.5. The summed E-state index contributed by atoms with van der Waals surface area (Å²) in [4.78, 5) is 21.5. The molecule has 2 aliphatic rings. The zero-order valence-electron chi connectivity index (χ0n) is 16.8. The van der Waals surface area contributed by atoms with Gasteiger partial charge in [0.25, 0.3) is 5.91 Å². The number of H-pyrrole nitrogens is 1. The largest absolute Gasteiger partial charge is 0.497 e. The minimum Gasteiger partial charge on any atom is -0.497 e. The number of fused-ring (bicyclic) bond motifs is 1. The van der Waals surface area contributed by atoms with E-state index in [9.17, 15) is 13.6 Å². The van der Waals surface area contributed by atoms with E-state index in [-0.39, 0.29) is 11.5 Å². The van der Waals surface area contributed by atoms with Crippen molar-refractivity contribution in [2.75, 3.05) is 20.7 Å². The number of aryl methyl sites for hydroxylation is 1. The third-order valence-electron chi connectivity index (χ3n) is 5.27. The number of carbonyl (C=O) groups is 1. The number of hydrogen-bond acceptors (Lipinski definition) is 4. The number of carbonyl (C=O) groups excluding carboxylic acids is 1. The van der Waals surface area contributed by atoms with Crippen molar-refractivity contribution in [3.63, 3.8) is 0 Å². The van der Waals surface area contributed by atoms with Crippen molar-refractivity contribution in [1.29, 1.82) is 0 Å². The van der Waals surface area contributed by atoms with E-state index in [0.29, 0.717) is 47.0 Å². The van der Waals surface area contributed by atoms with Gasteiger partial charge in [-0.05, 0) is 25.1 Å². The topological polar surface area (TPSA) is 67.5 Å². The fraction of sp³-hybridized carbons (Fsp3) is 0.429. The number of benzene rings is 1. The van der Waals surface area contributed by atoms with Crippen LogP contribution in [0.25, 0.3) is 11.0 Å². The number of rotatable bonds is 3. The van der Waals surface area contributed by atoms with Gasteiger partial charge in [-0.15, -0.1) is 0 Å². The smallest absolute Gasteiger partial charge is 0.253 e. The number of aromatic amines is 1. The van der Waals surface area contributed by atoms with Gasteiger partial charge in [-0.2, -0.15) is 0 Å². The van der Waals surface area contributed by atoms with Gasteiger partial charge >= 0.3 is 0 Å². The highest BCUT2D eigenvalue weighted by Crippen LogP contribution is 2.40. The number of imidazole rings is 1. The molecular weight excluding hydrogens is 380 g/mol. The Morgan fingerprint density at radius 2 is 2.14 bits per heavy atom. The molecule has 1 aromatic heterocycles. The summed E-state index contributed by atoms with van der Waals surface area (Å²) in [5.41, 5.74) is 1.88. The summed E-state index contributed by atoms with van der Waals surface area (Å²) in [5, 5.41) is 0.